The van der Waals surface area contributed by atoms with E-state index >= 15 is 0 Å². The monoisotopic (exact) mass is 326 g/mol. The molecule has 7 nitrogen and oxygen atoms in total. The minimum Gasteiger partial charge on any atom is -0.483 e. The predicted octanol–water partition coefficient (Wildman–Crippen LogP) is -0.0441. The van der Waals surface area contributed by atoms with E-state index in [-0.39, 0.29) is 24.5 Å². The standard InChI is InChI=1S/C14H18N2O5S/c1-10-4-2-3-5-12(10)21-8-13(17)15-16-14(18)11-6-7-22(19,20)9-11/h2-5,11H,6-9H2,1H3,(H,15,17)(H,16,18)/t11-/m1/s1. The zero-order valence-electron chi connectivity index (χ0n) is 12.2. The number of ether oxygens (including phenoxy) is 1. The first-order valence-electron chi connectivity index (χ1n) is 6.85. The van der Waals surface area contributed by atoms with Crippen LogP contribution in [0.2, 0.25) is 0 Å². The number of hydrogen-bond donors (Lipinski definition) is 2. The number of carbonyl (C=O) groups is 2. The number of hydrogen-bond acceptors (Lipinski definition) is 5. The quantitative estimate of drug-likeness (QED) is 0.756. The number of nitrogens with one attached hydrogen (secondary N) is 2. The van der Waals surface area contributed by atoms with Crippen LogP contribution in [-0.2, 0) is 19.4 Å². The van der Waals surface area contributed by atoms with E-state index in [9.17, 15) is 18.0 Å². The second-order valence-electron chi connectivity index (χ2n) is 5.19. The van der Waals surface area contributed by atoms with Gasteiger partial charge in [0.1, 0.15) is 5.75 Å². The van der Waals surface area contributed by atoms with Crippen molar-refractivity contribution in [1.29, 1.82) is 0 Å². The van der Waals surface area contributed by atoms with Crippen molar-refractivity contribution in [3.05, 3.63) is 29.8 Å². The van der Waals surface area contributed by atoms with Crippen LogP contribution in [0.5, 0.6) is 5.75 Å². The molecular weight excluding hydrogens is 308 g/mol. The Morgan fingerprint density at radius 3 is 2.64 bits per heavy atom. The molecule has 1 saturated heterocycles. The molecule has 120 valence electrons. The Kier molecular flexibility index (Phi) is 5.02. The molecule has 1 aliphatic rings. The fraction of sp³-hybridized carbons (Fsp3) is 0.429. The van der Waals surface area contributed by atoms with Gasteiger partial charge >= 0.3 is 0 Å². The third-order valence-corrected chi connectivity index (χ3v) is 5.15. The molecule has 1 heterocycles. The molecule has 1 aliphatic heterocycles. The van der Waals surface area contributed by atoms with E-state index in [1.807, 2.05) is 19.1 Å². The molecule has 2 N–H and O–H groups in total. The predicted molar refractivity (Wildman–Crippen MR) is 79.7 cm³/mol. The van der Waals surface area contributed by atoms with Crippen molar-refractivity contribution in [2.45, 2.75) is 13.3 Å². The fourth-order valence-electron chi connectivity index (χ4n) is 2.13. The first-order valence-corrected chi connectivity index (χ1v) is 8.67. The van der Waals surface area contributed by atoms with Crippen LogP contribution in [0.25, 0.3) is 0 Å². The number of carbonyl (C=O) groups excluding carboxylic acids is 2. The smallest absolute Gasteiger partial charge is 0.276 e. The van der Waals surface area contributed by atoms with Crippen molar-refractivity contribution in [2.24, 2.45) is 5.92 Å². The van der Waals surface area contributed by atoms with E-state index in [2.05, 4.69) is 10.9 Å². The third-order valence-electron chi connectivity index (χ3n) is 3.38. The molecule has 1 aromatic rings. The van der Waals surface area contributed by atoms with Gasteiger partial charge in [-0.3, -0.25) is 20.4 Å². The summed E-state index contributed by atoms with van der Waals surface area (Å²) in [6.45, 7) is 1.61. The minimum absolute atomic E-state index is 0.00935. The molecule has 22 heavy (non-hydrogen) atoms. The summed E-state index contributed by atoms with van der Waals surface area (Å²) in [4.78, 5) is 23.3. The Bertz CT molecular complexity index is 672. The van der Waals surface area contributed by atoms with Crippen LogP contribution in [0.15, 0.2) is 24.3 Å². The number of hydrazine groups is 1. The Hall–Kier alpha value is -2.09. The summed E-state index contributed by atoms with van der Waals surface area (Å²) >= 11 is 0. The molecule has 0 radical (unpaired) electrons. The number of para-hydroxylation sites is 1. The summed E-state index contributed by atoms with van der Waals surface area (Å²) < 4.78 is 27.9. The maximum Gasteiger partial charge on any atom is 0.276 e. The van der Waals surface area contributed by atoms with Gasteiger partial charge in [-0.2, -0.15) is 0 Å². The van der Waals surface area contributed by atoms with Crippen LogP contribution in [-0.4, -0.2) is 38.3 Å². The molecule has 1 fully saturated rings. The van der Waals surface area contributed by atoms with Gasteiger partial charge in [0.25, 0.3) is 5.91 Å². The molecule has 8 heteroatoms. The maximum atomic E-state index is 11.7. The minimum atomic E-state index is -3.13. The van der Waals surface area contributed by atoms with Gasteiger partial charge in [0, 0.05) is 0 Å². The highest BCUT2D eigenvalue weighted by atomic mass is 32.2. The Balaban J connectivity index is 1.74. The van der Waals surface area contributed by atoms with Crippen molar-refractivity contribution < 1.29 is 22.7 Å². The lowest BCUT2D eigenvalue weighted by molar-refractivity contribution is -0.131. The average molecular weight is 326 g/mol. The summed E-state index contributed by atoms with van der Waals surface area (Å²) in [7, 11) is -3.13. The van der Waals surface area contributed by atoms with Crippen molar-refractivity contribution in [2.75, 3.05) is 18.1 Å². The highest BCUT2D eigenvalue weighted by Gasteiger charge is 2.33. The Morgan fingerprint density at radius 1 is 1.27 bits per heavy atom. The largest absolute Gasteiger partial charge is 0.483 e. The molecule has 1 aromatic carbocycles. The molecule has 1 atom stereocenters. The second kappa shape index (κ2) is 6.78. The van der Waals surface area contributed by atoms with Crippen LogP contribution < -0.4 is 15.6 Å². The van der Waals surface area contributed by atoms with Gasteiger partial charge in [-0.25, -0.2) is 8.42 Å². The van der Waals surface area contributed by atoms with Gasteiger partial charge in [-0.15, -0.1) is 0 Å². The van der Waals surface area contributed by atoms with Crippen molar-refractivity contribution in [3.63, 3.8) is 0 Å². The van der Waals surface area contributed by atoms with Gasteiger partial charge < -0.3 is 4.74 Å². The number of aryl methyl sites for hydroxylation is 1. The normalized spacial score (nSPS) is 19.4. The van der Waals surface area contributed by atoms with Crippen molar-refractivity contribution in [3.8, 4) is 5.75 Å². The fourth-order valence-corrected chi connectivity index (χ4v) is 3.87. The highest BCUT2D eigenvalue weighted by molar-refractivity contribution is 7.91. The topological polar surface area (TPSA) is 102 Å². The molecule has 0 bridgehead atoms. The van der Waals surface area contributed by atoms with Crippen molar-refractivity contribution >= 4 is 21.7 Å². The van der Waals surface area contributed by atoms with E-state index in [1.165, 1.54) is 0 Å². The molecule has 0 aromatic heterocycles. The molecule has 0 spiro atoms. The average Bonchev–Trinajstić information content (AvgIpc) is 2.84. The first kappa shape index (κ1) is 16.3. The molecular formula is C14H18N2O5S. The van der Waals surface area contributed by atoms with Crippen LogP contribution in [0.1, 0.15) is 12.0 Å². The van der Waals surface area contributed by atoms with Crippen LogP contribution in [0, 0.1) is 12.8 Å². The number of amides is 2. The zero-order chi connectivity index (χ0) is 16.2. The lowest BCUT2D eigenvalue weighted by Gasteiger charge is -2.12. The summed E-state index contributed by atoms with van der Waals surface area (Å²) in [6, 6.07) is 7.25. The van der Waals surface area contributed by atoms with Gasteiger partial charge in [0.2, 0.25) is 5.91 Å². The van der Waals surface area contributed by atoms with Gasteiger partial charge in [0.05, 0.1) is 17.4 Å². The lowest BCUT2D eigenvalue weighted by atomic mass is 10.1. The molecule has 0 unspecified atom stereocenters. The lowest BCUT2D eigenvalue weighted by Crippen LogP contribution is -2.46. The van der Waals surface area contributed by atoms with Gasteiger partial charge in [0.15, 0.2) is 16.4 Å². The van der Waals surface area contributed by atoms with Crippen molar-refractivity contribution in [1.82, 2.24) is 10.9 Å². The molecule has 2 amide bonds. The summed E-state index contributed by atoms with van der Waals surface area (Å²) in [5, 5.41) is 0. The summed E-state index contributed by atoms with van der Waals surface area (Å²) in [6.07, 6.45) is 0.281. The van der Waals surface area contributed by atoms with E-state index in [1.54, 1.807) is 12.1 Å². The Labute approximate surface area is 128 Å². The first-order chi connectivity index (χ1) is 10.4. The SMILES string of the molecule is Cc1ccccc1OCC(=O)NNC(=O)[C@@H]1CCS(=O)(=O)C1. The Morgan fingerprint density at radius 2 is 2.00 bits per heavy atom. The van der Waals surface area contributed by atoms with Gasteiger partial charge in [-0.05, 0) is 25.0 Å². The second-order valence-corrected chi connectivity index (χ2v) is 7.42. The highest BCUT2D eigenvalue weighted by Crippen LogP contribution is 2.18. The maximum absolute atomic E-state index is 11.7. The summed E-state index contributed by atoms with van der Waals surface area (Å²) in [5.74, 6) is -1.19. The van der Waals surface area contributed by atoms with E-state index in [0.29, 0.717) is 5.75 Å². The summed E-state index contributed by atoms with van der Waals surface area (Å²) in [5.41, 5.74) is 5.35. The molecule has 2 rings (SSSR count). The molecule has 0 saturated carbocycles. The van der Waals surface area contributed by atoms with Crippen LogP contribution in [0.3, 0.4) is 0 Å². The van der Waals surface area contributed by atoms with Crippen LogP contribution >= 0.6 is 0 Å². The van der Waals surface area contributed by atoms with E-state index in [0.717, 1.165) is 5.56 Å². The number of rotatable bonds is 4. The zero-order valence-corrected chi connectivity index (χ0v) is 13.0. The molecule has 0 aliphatic carbocycles. The van der Waals surface area contributed by atoms with E-state index in [4.69, 9.17) is 4.74 Å². The third kappa shape index (κ3) is 4.45. The van der Waals surface area contributed by atoms with Gasteiger partial charge in [-0.1, -0.05) is 18.2 Å². The van der Waals surface area contributed by atoms with E-state index < -0.39 is 27.6 Å². The number of sulfone groups is 1. The number of benzene rings is 1. The van der Waals surface area contributed by atoms with Crippen LogP contribution in [0.4, 0.5) is 0 Å².